The lowest BCUT2D eigenvalue weighted by Crippen LogP contribution is -2.34. The predicted molar refractivity (Wildman–Crippen MR) is 66.9 cm³/mol. The monoisotopic (exact) mass is 241 g/mol. The van der Waals surface area contributed by atoms with Crippen LogP contribution in [0, 0.1) is 10.7 Å². The lowest BCUT2D eigenvalue weighted by atomic mass is 9.96. The van der Waals surface area contributed by atoms with Gasteiger partial charge in [0.05, 0.1) is 11.1 Å². The van der Waals surface area contributed by atoms with Crippen molar-refractivity contribution < 1.29 is 0 Å². The molecule has 15 heavy (non-hydrogen) atoms. The van der Waals surface area contributed by atoms with Crippen LogP contribution in [0.3, 0.4) is 0 Å². The Morgan fingerprint density at radius 2 is 2.20 bits per heavy atom. The van der Waals surface area contributed by atoms with Gasteiger partial charge in [-0.2, -0.15) is 5.26 Å². The van der Waals surface area contributed by atoms with Crippen LogP contribution in [0.2, 0.25) is 0 Å². The minimum Gasteiger partial charge on any atom is -0.362 e. The number of thiocyanates is 1. The first-order valence-electron chi connectivity index (χ1n) is 5.41. The van der Waals surface area contributed by atoms with Crippen molar-refractivity contribution in [2.24, 2.45) is 4.99 Å². The largest absolute Gasteiger partial charge is 0.362 e. The van der Waals surface area contributed by atoms with E-state index >= 15 is 0 Å². The summed E-state index contributed by atoms with van der Waals surface area (Å²) in [7, 11) is 0. The number of rotatable bonds is 2. The van der Waals surface area contributed by atoms with Gasteiger partial charge in [-0.1, -0.05) is 31.0 Å². The topological polar surface area (TPSA) is 48.2 Å². The van der Waals surface area contributed by atoms with Gasteiger partial charge in [0, 0.05) is 6.04 Å². The highest BCUT2D eigenvalue weighted by molar-refractivity contribution is 8.26. The van der Waals surface area contributed by atoms with E-state index in [1.165, 1.54) is 43.9 Å². The number of hydrogen-bond donors (Lipinski definition) is 1. The van der Waals surface area contributed by atoms with Crippen molar-refractivity contribution in [3.63, 3.8) is 0 Å². The summed E-state index contributed by atoms with van der Waals surface area (Å²) in [6.07, 6.45) is 6.61. The molecule has 0 spiro atoms. The summed E-state index contributed by atoms with van der Waals surface area (Å²) in [5.74, 6) is 0. The third-order valence-corrected chi connectivity index (χ3v) is 4.72. The van der Waals surface area contributed by atoms with Crippen LogP contribution in [0.5, 0.6) is 0 Å². The molecule has 1 heterocycles. The number of nitrogens with one attached hydrogen (secondary N) is 1. The fourth-order valence-electron chi connectivity index (χ4n) is 1.98. The number of hydrogen-bond acceptors (Lipinski definition) is 5. The van der Waals surface area contributed by atoms with Crippen molar-refractivity contribution in [3.05, 3.63) is 0 Å². The van der Waals surface area contributed by atoms with E-state index in [4.69, 9.17) is 5.26 Å². The van der Waals surface area contributed by atoms with E-state index in [0.717, 1.165) is 11.7 Å². The van der Waals surface area contributed by atoms with Crippen molar-refractivity contribution in [1.29, 1.82) is 5.26 Å². The Bertz CT molecular complexity index is 279. The highest BCUT2D eigenvalue weighted by Crippen LogP contribution is 2.29. The smallest absolute Gasteiger partial charge is 0.158 e. The van der Waals surface area contributed by atoms with Crippen molar-refractivity contribution in [2.45, 2.75) is 42.7 Å². The summed E-state index contributed by atoms with van der Waals surface area (Å²) in [4.78, 5) is 4.43. The molecule has 0 aromatic heterocycles. The average molecular weight is 241 g/mol. The second-order valence-corrected chi connectivity index (χ2v) is 6.36. The lowest BCUT2D eigenvalue weighted by molar-refractivity contribution is 0.415. The molecule has 0 amide bonds. The second-order valence-electron chi connectivity index (χ2n) is 3.88. The van der Waals surface area contributed by atoms with Crippen molar-refractivity contribution in [3.8, 4) is 5.40 Å². The SMILES string of the molecule is N#CSC1CN=C(NC2CCCCC2)S1. The molecule has 82 valence electrons. The molecule has 1 fully saturated rings. The van der Waals surface area contributed by atoms with Gasteiger partial charge in [0.1, 0.15) is 5.40 Å². The summed E-state index contributed by atoms with van der Waals surface area (Å²) < 4.78 is 0.307. The van der Waals surface area contributed by atoms with Crippen LogP contribution < -0.4 is 5.32 Å². The van der Waals surface area contributed by atoms with Crippen LogP contribution in [0.4, 0.5) is 0 Å². The Morgan fingerprint density at radius 1 is 1.40 bits per heavy atom. The molecule has 2 aliphatic rings. The van der Waals surface area contributed by atoms with Gasteiger partial charge in [0.25, 0.3) is 0 Å². The average Bonchev–Trinajstić information content (AvgIpc) is 2.68. The van der Waals surface area contributed by atoms with Gasteiger partial charge in [-0.25, -0.2) is 0 Å². The number of amidine groups is 1. The number of nitrogens with zero attached hydrogens (tertiary/aromatic N) is 2. The standard InChI is InChI=1S/C10H15N3S2/c11-7-14-9-6-12-10(15-9)13-8-4-2-1-3-5-8/h8-9H,1-6H2,(H,12,13). The quantitative estimate of drug-likeness (QED) is 0.755. The molecule has 0 aromatic carbocycles. The van der Waals surface area contributed by atoms with Gasteiger partial charge in [-0.15, -0.1) is 0 Å². The number of nitriles is 1. The number of aliphatic imine (C=N–C) groups is 1. The molecule has 1 aliphatic heterocycles. The zero-order valence-corrected chi connectivity index (χ0v) is 10.2. The molecule has 2 rings (SSSR count). The molecule has 0 bridgehead atoms. The van der Waals surface area contributed by atoms with Gasteiger partial charge >= 0.3 is 0 Å². The minimum absolute atomic E-state index is 0.307. The molecule has 1 unspecified atom stereocenters. The molecule has 5 heteroatoms. The third-order valence-electron chi connectivity index (χ3n) is 2.74. The Hall–Kier alpha value is -0.340. The zero-order valence-electron chi connectivity index (χ0n) is 8.61. The molecule has 0 aromatic rings. The molecule has 1 aliphatic carbocycles. The molecule has 0 saturated heterocycles. The summed E-state index contributed by atoms with van der Waals surface area (Å²) in [5.41, 5.74) is 0. The van der Waals surface area contributed by atoms with E-state index in [2.05, 4.69) is 15.7 Å². The maximum absolute atomic E-state index is 8.56. The van der Waals surface area contributed by atoms with Crippen LogP contribution in [0.15, 0.2) is 4.99 Å². The van der Waals surface area contributed by atoms with Gasteiger partial charge in [0.15, 0.2) is 5.17 Å². The fraction of sp³-hybridized carbons (Fsp3) is 0.800. The van der Waals surface area contributed by atoms with E-state index in [9.17, 15) is 0 Å². The molecule has 1 atom stereocenters. The van der Waals surface area contributed by atoms with Crippen LogP contribution in [0.25, 0.3) is 0 Å². The van der Waals surface area contributed by atoms with Crippen molar-refractivity contribution >= 4 is 28.7 Å². The van der Waals surface area contributed by atoms with Crippen LogP contribution in [-0.2, 0) is 0 Å². The highest BCUT2D eigenvalue weighted by atomic mass is 32.2. The van der Waals surface area contributed by atoms with Crippen LogP contribution >= 0.6 is 23.5 Å². The molecule has 1 saturated carbocycles. The van der Waals surface area contributed by atoms with Crippen molar-refractivity contribution in [1.82, 2.24) is 5.32 Å². The highest BCUT2D eigenvalue weighted by Gasteiger charge is 2.22. The molecule has 3 nitrogen and oxygen atoms in total. The molecule has 0 radical (unpaired) electrons. The first kappa shape index (κ1) is 11.2. The van der Waals surface area contributed by atoms with E-state index in [1.807, 2.05) is 0 Å². The summed E-state index contributed by atoms with van der Waals surface area (Å²) in [5, 5.41) is 15.2. The first-order chi connectivity index (χ1) is 7.38. The van der Waals surface area contributed by atoms with E-state index in [-0.39, 0.29) is 0 Å². The molecular weight excluding hydrogens is 226 g/mol. The van der Waals surface area contributed by atoms with E-state index in [0.29, 0.717) is 10.6 Å². The number of thioether (sulfide) groups is 2. The zero-order chi connectivity index (χ0) is 10.5. The van der Waals surface area contributed by atoms with E-state index in [1.54, 1.807) is 11.8 Å². The predicted octanol–water partition coefficient (Wildman–Crippen LogP) is 2.55. The second kappa shape index (κ2) is 5.66. The molecule has 1 N–H and O–H groups in total. The normalized spacial score (nSPS) is 27.1. The van der Waals surface area contributed by atoms with E-state index < -0.39 is 0 Å². The summed E-state index contributed by atoms with van der Waals surface area (Å²) >= 11 is 3.03. The first-order valence-corrected chi connectivity index (χ1v) is 7.17. The Morgan fingerprint density at radius 3 is 2.93 bits per heavy atom. The minimum atomic E-state index is 0.307. The third kappa shape index (κ3) is 3.32. The maximum Gasteiger partial charge on any atom is 0.158 e. The van der Waals surface area contributed by atoms with Gasteiger partial charge in [-0.05, 0) is 24.6 Å². The Labute approximate surface area is 99.1 Å². The van der Waals surface area contributed by atoms with Gasteiger partial charge in [-0.3, -0.25) is 4.99 Å². The van der Waals surface area contributed by atoms with Crippen LogP contribution in [-0.4, -0.2) is 22.3 Å². The Balaban J connectivity index is 1.74. The lowest BCUT2D eigenvalue weighted by Gasteiger charge is -2.23. The van der Waals surface area contributed by atoms with Gasteiger partial charge in [0.2, 0.25) is 0 Å². The molecular formula is C10H15N3S2. The maximum atomic E-state index is 8.56. The summed E-state index contributed by atoms with van der Waals surface area (Å²) in [6, 6.07) is 0.621. The summed E-state index contributed by atoms with van der Waals surface area (Å²) in [6.45, 7) is 0.776. The Kier molecular flexibility index (Phi) is 4.21. The van der Waals surface area contributed by atoms with Gasteiger partial charge < -0.3 is 5.32 Å². The van der Waals surface area contributed by atoms with Crippen molar-refractivity contribution in [2.75, 3.05) is 6.54 Å². The fourth-order valence-corrected chi connectivity index (χ4v) is 3.62. The van der Waals surface area contributed by atoms with Crippen LogP contribution in [0.1, 0.15) is 32.1 Å².